The van der Waals surface area contributed by atoms with Gasteiger partial charge < -0.3 is 14.9 Å². The van der Waals surface area contributed by atoms with E-state index in [0.29, 0.717) is 6.54 Å². The van der Waals surface area contributed by atoms with Crippen molar-refractivity contribution in [3.8, 4) is 11.3 Å². The summed E-state index contributed by atoms with van der Waals surface area (Å²) in [4.78, 5) is 31.4. The zero-order valence-corrected chi connectivity index (χ0v) is 16.7. The van der Waals surface area contributed by atoms with Crippen LogP contribution in [0.4, 0.5) is 10.5 Å². The molecule has 156 valence electrons. The molecule has 0 radical (unpaired) electrons. The Morgan fingerprint density at radius 2 is 2.27 bits per heavy atom. The third kappa shape index (κ3) is 3.10. The third-order valence-corrected chi connectivity index (χ3v) is 5.79. The van der Waals surface area contributed by atoms with E-state index in [1.165, 1.54) is 10.5 Å². The fraction of sp³-hybridized carbons (Fsp3) is 0.429. The van der Waals surface area contributed by atoms with Crippen LogP contribution < -0.4 is 10.2 Å². The van der Waals surface area contributed by atoms with Gasteiger partial charge in [-0.3, -0.25) is 14.8 Å². The van der Waals surface area contributed by atoms with Gasteiger partial charge >= 0.3 is 6.09 Å². The summed E-state index contributed by atoms with van der Waals surface area (Å²) in [7, 11) is 0. The lowest BCUT2D eigenvalue weighted by Crippen LogP contribution is -2.37. The molecule has 1 fully saturated rings. The van der Waals surface area contributed by atoms with Crippen molar-refractivity contribution < 1.29 is 19.2 Å². The molecular formula is C21H23N5O4. The quantitative estimate of drug-likeness (QED) is 0.806. The van der Waals surface area contributed by atoms with Crippen LogP contribution in [0.25, 0.3) is 11.3 Å². The van der Waals surface area contributed by atoms with E-state index < -0.39 is 12.2 Å². The van der Waals surface area contributed by atoms with Crippen molar-refractivity contribution in [2.45, 2.75) is 44.8 Å². The van der Waals surface area contributed by atoms with Gasteiger partial charge in [0, 0.05) is 36.0 Å². The number of cyclic esters (lactones) is 1. The minimum absolute atomic E-state index is 0.104. The van der Waals surface area contributed by atoms with Gasteiger partial charge in [-0.15, -0.1) is 0 Å². The maximum atomic E-state index is 12.4. The van der Waals surface area contributed by atoms with Crippen LogP contribution in [0.2, 0.25) is 0 Å². The molecule has 2 amide bonds. The lowest BCUT2D eigenvalue weighted by Gasteiger charge is -2.15. The molecule has 2 N–H and O–H groups in total. The first-order valence-corrected chi connectivity index (χ1v) is 10.3. The van der Waals surface area contributed by atoms with Crippen LogP contribution in [0.1, 0.15) is 42.7 Å². The number of ether oxygens (including phenoxy) is 1. The first-order chi connectivity index (χ1) is 14.7. The van der Waals surface area contributed by atoms with Crippen LogP contribution in [0.15, 0.2) is 23.4 Å². The number of aromatic nitrogens is 2. The molecule has 9 nitrogen and oxygen atoms in total. The summed E-state index contributed by atoms with van der Waals surface area (Å²) in [6, 6.07) is 5.90. The average molecular weight is 409 g/mol. The molecule has 0 bridgehead atoms. The summed E-state index contributed by atoms with van der Waals surface area (Å²) in [5.41, 5.74) is 6.02. The molecule has 2 atom stereocenters. The molecule has 3 heterocycles. The predicted octanol–water partition coefficient (Wildman–Crippen LogP) is 2.47. The molecule has 0 saturated carbocycles. The maximum absolute atomic E-state index is 12.4. The molecule has 3 aliphatic rings. The molecule has 1 saturated heterocycles. The highest BCUT2D eigenvalue weighted by atomic mass is 16.6. The number of H-pyrrole nitrogens is 1. The van der Waals surface area contributed by atoms with Crippen LogP contribution in [0, 0.1) is 0 Å². The fourth-order valence-electron chi connectivity index (χ4n) is 4.33. The van der Waals surface area contributed by atoms with E-state index in [1.807, 2.05) is 25.1 Å². The van der Waals surface area contributed by atoms with Crippen LogP contribution in [-0.2, 0) is 27.2 Å². The minimum Gasteiger partial charge on any atom is -0.434 e. The van der Waals surface area contributed by atoms with Crippen molar-refractivity contribution in [2.24, 2.45) is 5.16 Å². The smallest absolute Gasteiger partial charge is 0.415 e. The van der Waals surface area contributed by atoms with Crippen molar-refractivity contribution in [1.29, 1.82) is 0 Å². The number of hydrogen-bond acceptors (Lipinski definition) is 6. The van der Waals surface area contributed by atoms with Crippen LogP contribution in [-0.4, -0.2) is 47.6 Å². The van der Waals surface area contributed by atoms with Gasteiger partial charge in [-0.1, -0.05) is 11.2 Å². The monoisotopic (exact) mass is 409 g/mol. The van der Waals surface area contributed by atoms with E-state index >= 15 is 0 Å². The molecule has 2 aromatic rings. The SMILES string of the molecule is CCNC(=O)[C@H]1CN(c2ccc3c(c2)CCCc2c-3n[nH]c2C2CC=NO2)C(=O)O1. The second-order valence-electron chi connectivity index (χ2n) is 7.65. The number of aryl methyl sites for hydroxylation is 1. The molecule has 1 aromatic heterocycles. The number of oxime groups is 1. The van der Waals surface area contributed by atoms with Gasteiger partial charge in [0.1, 0.15) is 0 Å². The standard InChI is InChI=1S/C21H23N5O4/c1-2-22-20(27)17-11-26(21(28)29-17)13-6-7-14-12(10-13)4-3-5-15-18(14)24-25-19(15)16-8-9-23-30-16/h6-7,9-10,16-17H,2-5,8,11H2,1H3,(H,22,27)(H,24,25)/t16?,17-/m1/s1. The number of carbonyl (C=O) groups excluding carboxylic acids is 2. The average Bonchev–Trinajstić information content (AvgIpc) is 3.46. The largest absolute Gasteiger partial charge is 0.434 e. The normalized spacial score (nSPS) is 22.2. The Hall–Kier alpha value is -3.36. The first kappa shape index (κ1) is 18.7. The summed E-state index contributed by atoms with van der Waals surface area (Å²) in [5, 5.41) is 14.3. The number of anilines is 1. The fourth-order valence-corrected chi connectivity index (χ4v) is 4.33. The van der Waals surface area contributed by atoms with Gasteiger partial charge in [-0.25, -0.2) is 4.79 Å². The van der Waals surface area contributed by atoms with Crippen molar-refractivity contribution >= 4 is 23.9 Å². The molecule has 30 heavy (non-hydrogen) atoms. The molecule has 0 spiro atoms. The zero-order valence-electron chi connectivity index (χ0n) is 16.7. The number of nitrogens with zero attached hydrogens (tertiary/aromatic N) is 3. The number of amides is 2. The second-order valence-corrected chi connectivity index (χ2v) is 7.65. The van der Waals surface area contributed by atoms with Crippen molar-refractivity contribution in [1.82, 2.24) is 15.5 Å². The van der Waals surface area contributed by atoms with Crippen molar-refractivity contribution in [3.05, 3.63) is 35.0 Å². The Bertz CT molecular complexity index is 1020. The highest BCUT2D eigenvalue weighted by Gasteiger charge is 2.37. The molecular weight excluding hydrogens is 386 g/mol. The van der Waals surface area contributed by atoms with E-state index in [-0.39, 0.29) is 18.6 Å². The summed E-state index contributed by atoms with van der Waals surface area (Å²) >= 11 is 0. The number of hydrogen-bond donors (Lipinski definition) is 2. The lowest BCUT2D eigenvalue weighted by atomic mass is 9.99. The van der Waals surface area contributed by atoms with E-state index in [0.717, 1.165) is 53.9 Å². The lowest BCUT2D eigenvalue weighted by molar-refractivity contribution is -0.127. The first-order valence-electron chi connectivity index (χ1n) is 10.3. The number of nitrogens with one attached hydrogen (secondary N) is 2. The van der Waals surface area contributed by atoms with Gasteiger partial charge in [0.2, 0.25) is 0 Å². The Balaban J connectivity index is 1.43. The molecule has 2 aliphatic heterocycles. The minimum atomic E-state index is -0.787. The van der Waals surface area contributed by atoms with E-state index in [4.69, 9.17) is 9.57 Å². The maximum Gasteiger partial charge on any atom is 0.415 e. The van der Waals surface area contributed by atoms with Crippen LogP contribution in [0.5, 0.6) is 0 Å². The van der Waals surface area contributed by atoms with E-state index in [9.17, 15) is 9.59 Å². The van der Waals surface area contributed by atoms with Crippen LogP contribution in [0.3, 0.4) is 0 Å². The summed E-state index contributed by atoms with van der Waals surface area (Å²) < 4.78 is 5.26. The highest BCUT2D eigenvalue weighted by molar-refractivity contribution is 5.96. The number of likely N-dealkylation sites (N-methyl/N-ethyl adjacent to an activating group) is 1. The number of fused-ring (bicyclic) bond motifs is 3. The topological polar surface area (TPSA) is 109 Å². The number of carbonyl (C=O) groups is 2. The molecule has 5 rings (SSSR count). The van der Waals surface area contributed by atoms with Gasteiger partial charge in [-0.2, -0.15) is 5.10 Å². The number of benzene rings is 1. The highest BCUT2D eigenvalue weighted by Crippen LogP contribution is 2.38. The molecule has 9 heteroatoms. The van der Waals surface area contributed by atoms with Crippen molar-refractivity contribution in [3.63, 3.8) is 0 Å². The van der Waals surface area contributed by atoms with Crippen molar-refractivity contribution in [2.75, 3.05) is 18.0 Å². The van der Waals surface area contributed by atoms with Gasteiger partial charge in [0.25, 0.3) is 5.91 Å². The van der Waals surface area contributed by atoms with Gasteiger partial charge in [0.15, 0.2) is 12.2 Å². The van der Waals surface area contributed by atoms with Gasteiger partial charge in [0.05, 0.1) is 17.9 Å². The van der Waals surface area contributed by atoms with E-state index in [1.54, 1.807) is 6.21 Å². The zero-order chi connectivity index (χ0) is 20.7. The number of rotatable bonds is 4. The summed E-state index contributed by atoms with van der Waals surface area (Å²) in [6.45, 7) is 2.54. The predicted molar refractivity (Wildman–Crippen MR) is 109 cm³/mol. The van der Waals surface area contributed by atoms with Crippen LogP contribution >= 0.6 is 0 Å². The summed E-state index contributed by atoms with van der Waals surface area (Å²) in [6.07, 6.45) is 3.87. The Labute approximate surface area is 173 Å². The van der Waals surface area contributed by atoms with E-state index in [2.05, 4.69) is 20.7 Å². The number of aromatic amines is 1. The summed E-state index contributed by atoms with van der Waals surface area (Å²) in [5.74, 6) is -0.269. The molecule has 1 unspecified atom stereocenters. The Morgan fingerprint density at radius 3 is 3.07 bits per heavy atom. The third-order valence-electron chi connectivity index (χ3n) is 5.79. The molecule has 1 aromatic carbocycles. The molecule has 1 aliphatic carbocycles. The Kier molecular flexibility index (Phi) is 4.65. The Morgan fingerprint density at radius 1 is 1.37 bits per heavy atom. The van der Waals surface area contributed by atoms with Gasteiger partial charge in [-0.05, 0) is 43.9 Å². The second kappa shape index (κ2) is 7.47.